The number of nitrogens with two attached hydrogens (primary N) is 1. The Bertz CT molecular complexity index is 304. The molecule has 0 aromatic carbocycles. The van der Waals surface area contributed by atoms with Gasteiger partial charge in [0.2, 0.25) is 0 Å². The summed E-state index contributed by atoms with van der Waals surface area (Å²) in [4.78, 5) is 0. The molecule has 5 nitrogen and oxygen atoms in total. The maximum absolute atomic E-state index is 5.64. The summed E-state index contributed by atoms with van der Waals surface area (Å²) in [6, 6.07) is 0. The minimum atomic E-state index is 0.183. The van der Waals surface area contributed by atoms with Crippen LogP contribution in [0.25, 0.3) is 0 Å². The van der Waals surface area contributed by atoms with Crippen molar-refractivity contribution in [2.45, 2.75) is 25.7 Å². The fourth-order valence-corrected chi connectivity index (χ4v) is 1.82. The number of aromatic nitrogens is 2. The second kappa shape index (κ2) is 4.96. The summed E-state index contributed by atoms with van der Waals surface area (Å²) in [5.74, 6) is 0.485. The molecule has 0 bridgehead atoms. The molecule has 6 heteroatoms. The maximum atomic E-state index is 5.64. The highest BCUT2D eigenvalue weighted by atomic mass is 79.9. The van der Waals surface area contributed by atoms with E-state index in [2.05, 4.69) is 21.0 Å². The quantitative estimate of drug-likeness (QED) is 0.906. The van der Waals surface area contributed by atoms with Crippen molar-refractivity contribution in [3.63, 3.8) is 0 Å². The normalized spacial score (nSPS) is 21.8. The van der Waals surface area contributed by atoms with Crippen LogP contribution >= 0.6 is 15.9 Å². The van der Waals surface area contributed by atoms with E-state index in [0.717, 1.165) is 23.9 Å². The molecule has 1 saturated heterocycles. The summed E-state index contributed by atoms with van der Waals surface area (Å²) in [5.41, 5.74) is 5.59. The highest BCUT2D eigenvalue weighted by Gasteiger charge is 2.14. The zero-order valence-electron chi connectivity index (χ0n) is 8.36. The molecule has 15 heavy (non-hydrogen) atoms. The van der Waals surface area contributed by atoms with Crippen LogP contribution in [0.3, 0.4) is 0 Å². The van der Waals surface area contributed by atoms with Crippen LogP contribution in [0, 0.1) is 0 Å². The molecule has 84 valence electrons. The first-order chi connectivity index (χ1) is 7.25. The summed E-state index contributed by atoms with van der Waals surface area (Å²) in [5, 5.41) is 4.08. The van der Waals surface area contributed by atoms with Crippen LogP contribution in [0.2, 0.25) is 0 Å². The van der Waals surface area contributed by atoms with Gasteiger partial charge in [-0.05, 0) is 28.8 Å². The van der Waals surface area contributed by atoms with Crippen LogP contribution < -0.4 is 5.73 Å². The first-order valence-corrected chi connectivity index (χ1v) is 5.73. The van der Waals surface area contributed by atoms with Crippen LogP contribution in [0.15, 0.2) is 10.7 Å². The lowest BCUT2D eigenvalue weighted by Crippen LogP contribution is -2.26. The summed E-state index contributed by atoms with van der Waals surface area (Å²) < 4.78 is 13.4. The van der Waals surface area contributed by atoms with Gasteiger partial charge >= 0.3 is 0 Å². The molecule has 1 aliphatic rings. The standard InChI is InChI=1S/C9H14BrN3O2/c10-8-4-13(12-9(8)11)6-15-7-2-1-3-14-5-7/h4,7H,1-3,5-6H2,(H2,11,12). The molecule has 1 unspecified atom stereocenters. The van der Waals surface area contributed by atoms with E-state index in [0.29, 0.717) is 19.2 Å². The molecule has 2 heterocycles. The van der Waals surface area contributed by atoms with Crippen molar-refractivity contribution in [2.75, 3.05) is 18.9 Å². The predicted octanol–water partition coefficient (Wildman–Crippen LogP) is 1.38. The second-order valence-electron chi connectivity index (χ2n) is 3.54. The van der Waals surface area contributed by atoms with Crippen LogP contribution in [0.5, 0.6) is 0 Å². The monoisotopic (exact) mass is 275 g/mol. The van der Waals surface area contributed by atoms with E-state index >= 15 is 0 Å². The van der Waals surface area contributed by atoms with Crippen molar-refractivity contribution in [3.8, 4) is 0 Å². The molecule has 2 N–H and O–H groups in total. The van der Waals surface area contributed by atoms with Crippen molar-refractivity contribution < 1.29 is 9.47 Å². The Hall–Kier alpha value is -0.590. The van der Waals surface area contributed by atoms with Gasteiger partial charge in [0, 0.05) is 12.8 Å². The van der Waals surface area contributed by atoms with Gasteiger partial charge in [-0.1, -0.05) is 0 Å². The topological polar surface area (TPSA) is 62.3 Å². The largest absolute Gasteiger partial charge is 0.381 e. The molecule has 1 aromatic rings. The number of nitrogen functional groups attached to an aromatic ring is 1. The van der Waals surface area contributed by atoms with E-state index in [9.17, 15) is 0 Å². The summed E-state index contributed by atoms with van der Waals surface area (Å²) >= 11 is 3.29. The third-order valence-electron chi connectivity index (χ3n) is 2.30. The Morgan fingerprint density at radius 3 is 3.20 bits per heavy atom. The number of ether oxygens (including phenoxy) is 2. The van der Waals surface area contributed by atoms with Gasteiger partial charge in [-0.2, -0.15) is 5.10 Å². The molecule has 1 atom stereocenters. The van der Waals surface area contributed by atoms with Gasteiger partial charge < -0.3 is 15.2 Å². The molecule has 2 rings (SSSR count). The van der Waals surface area contributed by atoms with E-state index in [1.807, 2.05) is 0 Å². The Morgan fingerprint density at radius 1 is 1.73 bits per heavy atom. The molecule has 0 spiro atoms. The molecular formula is C9H14BrN3O2. The van der Waals surface area contributed by atoms with E-state index < -0.39 is 0 Å². The lowest BCUT2D eigenvalue weighted by atomic mass is 10.2. The maximum Gasteiger partial charge on any atom is 0.159 e. The highest BCUT2D eigenvalue weighted by molar-refractivity contribution is 9.10. The van der Waals surface area contributed by atoms with Crippen molar-refractivity contribution in [1.82, 2.24) is 9.78 Å². The number of nitrogens with zero attached hydrogens (tertiary/aromatic N) is 2. The number of hydrogen-bond acceptors (Lipinski definition) is 4. The first kappa shape index (κ1) is 10.9. The Kier molecular flexibility index (Phi) is 3.61. The fourth-order valence-electron chi connectivity index (χ4n) is 1.50. The van der Waals surface area contributed by atoms with Crippen molar-refractivity contribution >= 4 is 21.7 Å². The van der Waals surface area contributed by atoms with Gasteiger partial charge in [-0.3, -0.25) is 0 Å². The SMILES string of the molecule is Nc1nn(COC2CCCOC2)cc1Br. The van der Waals surface area contributed by atoms with Gasteiger partial charge in [0.1, 0.15) is 6.73 Å². The van der Waals surface area contributed by atoms with E-state index in [4.69, 9.17) is 15.2 Å². The van der Waals surface area contributed by atoms with E-state index in [1.165, 1.54) is 0 Å². The van der Waals surface area contributed by atoms with E-state index in [1.54, 1.807) is 10.9 Å². The summed E-state index contributed by atoms with van der Waals surface area (Å²) in [7, 11) is 0. The average Bonchev–Trinajstić information content (AvgIpc) is 2.57. The molecule has 1 aromatic heterocycles. The molecule has 1 aliphatic heterocycles. The number of anilines is 1. The van der Waals surface area contributed by atoms with Gasteiger partial charge in [-0.15, -0.1) is 0 Å². The highest BCUT2D eigenvalue weighted by Crippen LogP contribution is 2.17. The van der Waals surface area contributed by atoms with Gasteiger partial charge in [-0.25, -0.2) is 4.68 Å². The number of halogens is 1. The lowest BCUT2D eigenvalue weighted by molar-refractivity contribution is -0.0760. The minimum Gasteiger partial charge on any atom is -0.381 e. The second-order valence-corrected chi connectivity index (χ2v) is 4.39. The third kappa shape index (κ3) is 2.93. The van der Waals surface area contributed by atoms with Crippen molar-refractivity contribution in [1.29, 1.82) is 0 Å². The van der Waals surface area contributed by atoms with Crippen molar-refractivity contribution in [3.05, 3.63) is 10.7 Å². The molecular weight excluding hydrogens is 262 g/mol. The van der Waals surface area contributed by atoms with Crippen LogP contribution in [0.1, 0.15) is 12.8 Å². The van der Waals surface area contributed by atoms with Crippen molar-refractivity contribution in [2.24, 2.45) is 0 Å². The van der Waals surface area contributed by atoms with Crippen LogP contribution in [-0.4, -0.2) is 29.1 Å². The fraction of sp³-hybridized carbons (Fsp3) is 0.667. The average molecular weight is 276 g/mol. The number of rotatable bonds is 3. The van der Waals surface area contributed by atoms with Gasteiger partial charge in [0.25, 0.3) is 0 Å². The Morgan fingerprint density at radius 2 is 2.60 bits per heavy atom. The van der Waals surface area contributed by atoms with Gasteiger partial charge in [0.15, 0.2) is 5.82 Å². The zero-order chi connectivity index (χ0) is 10.7. The van der Waals surface area contributed by atoms with Gasteiger partial charge in [0.05, 0.1) is 17.2 Å². The molecule has 0 aliphatic carbocycles. The predicted molar refractivity (Wildman–Crippen MR) is 59.3 cm³/mol. The lowest BCUT2D eigenvalue weighted by Gasteiger charge is -2.22. The number of hydrogen-bond donors (Lipinski definition) is 1. The summed E-state index contributed by atoms with van der Waals surface area (Å²) in [6.45, 7) is 1.95. The smallest absolute Gasteiger partial charge is 0.159 e. The zero-order valence-corrected chi connectivity index (χ0v) is 9.94. The molecule has 0 radical (unpaired) electrons. The molecule has 1 fully saturated rings. The molecule has 0 amide bonds. The molecule has 0 saturated carbocycles. The van der Waals surface area contributed by atoms with E-state index in [-0.39, 0.29) is 6.10 Å². The van der Waals surface area contributed by atoms with Crippen LogP contribution in [0.4, 0.5) is 5.82 Å². The Balaban J connectivity index is 1.81. The summed E-state index contributed by atoms with van der Waals surface area (Å²) in [6.07, 6.45) is 4.11. The minimum absolute atomic E-state index is 0.183. The third-order valence-corrected chi connectivity index (χ3v) is 2.92. The van der Waals surface area contributed by atoms with Crippen LogP contribution in [-0.2, 0) is 16.2 Å². The Labute approximate surface area is 96.7 Å². The first-order valence-electron chi connectivity index (χ1n) is 4.93.